The molecule has 2 saturated carbocycles. The van der Waals surface area contributed by atoms with Crippen molar-refractivity contribution in [1.29, 1.82) is 0 Å². The van der Waals surface area contributed by atoms with Crippen LogP contribution in [-0.4, -0.2) is 24.5 Å². The Balaban J connectivity index is 1.56. The number of nitrogens with one attached hydrogen (secondary N) is 2. The van der Waals surface area contributed by atoms with Crippen molar-refractivity contribution in [3.8, 4) is 0 Å². The molecule has 0 aromatic rings. The van der Waals surface area contributed by atoms with Gasteiger partial charge in [-0.25, -0.2) is 0 Å². The van der Waals surface area contributed by atoms with E-state index in [0.717, 1.165) is 19.5 Å². The Hall–Kier alpha value is -0.570. The molecular weight excluding hydrogens is 224 g/mol. The SMILES string of the molecule is CC1(NC(=O)C2CC23CCNCC3)CCCCC1. The number of hydrogen-bond donors (Lipinski definition) is 2. The highest BCUT2D eigenvalue weighted by molar-refractivity contribution is 5.83. The lowest BCUT2D eigenvalue weighted by atomic mass is 9.83. The molecule has 3 fully saturated rings. The van der Waals surface area contributed by atoms with E-state index in [1.807, 2.05) is 0 Å². The number of carbonyl (C=O) groups excluding carboxylic acids is 1. The van der Waals surface area contributed by atoms with E-state index < -0.39 is 0 Å². The molecule has 3 nitrogen and oxygen atoms in total. The molecule has 1 unspecified atom stereocenters. The van der Waals surface area contributed by atoms with E-state index in [0.29, 0.717) is 17.2 Å². The molecule has 1 amide bonds. The second kappa shape index (κ2) is 4.52. The maximum absolute atomic E-state index is 12.4. The van der Waals surface area contributed by atoms with Crippen molar-refractivity contribution in [2.24, 2.45) is 11.3 Å². The third kappa shape index (κ3) is 2.29. The maximum atomic E-state index is 12.4. The van der Waals surface area contributed by atoms with E-state index in [1.165, 1.54) is 44.9 Å². The summed E-state index contributed by atoms with van der Waals surface area (Å²) in [7, 11) is 0. The van der Waals surface area contributed by atoms with Gasteiger partial charge in [-0.05, 0) is 57.5 Å². The molecule has 3 aliphatic rings. The first-order chi connectivity index (χ1) is 8.64. The molecule has 2 N–H and O–H groups in total. The zero-order valence-electron chi connectivity index (χ0n) is 11.6. The van der Waals surface area contributed by atoms with Gasteiger partial charge in [0.1, 0.15) is 0 Å². The lowest BCUT2D eigenvalue weighted by Gasteiger charge is -2.35. The molecule has 2 aliphatic carbocycles. The molecule has 0 aromatic carbocycles. The number of carbonyl (C=O) groups is 1. The molecule has 1 heterocycles. The van der Waals surface area contributed by atoms with Gasteiger partial charge in [-0.15, -0.1) is 0 Å². The molecule has 1 saturated heterocycles. The number of piperidine rings is 1. The molecular formula is C15H26N2O. The molecule has 1 spiro atoms. The standard InChI is InChI=1S/C15H26N2O/c1-14(5-3-2-4-6-14)17-13(18)12-11-15(12)7-9-16-10-8-15/h12,16H,2-11H2,1H3,(H,17,18). The normalized spacial score (nSPS) is 33.1. The minimum absolute atomic E-state index is 0.0893. The average Bonchev–Trinajstić information content (AvgIpc) is 3.04. The van der Waals surface area contributed by atoms with E-state index in [9.17, 15) is 4.79 Å². The lowest BCUT2D eigenvalue weighted by Crippen LogP contribution is -2.48. The molecule has 102 valence electrons. The number of rotatable bonds is 2. The fourth-order valence-corrected chi connectivity index (χ4v) is 4.04. The van der Waals surface area contributed by atoms with Crippen LogP contribution in [0.5, 0.6) is 0 Å². The van der Waals surface area contributed by atoms with Crippen LogP contribution in [0.4, 0.5) is 0 Å². The summed E-state index contributed by atoms with van der Waals surface area (Å²) in [6.07, 6.45) is 9.75. The van der Waals surface area contributed by atoms with Crippen LogP contribution in [0.15, 0.2) is 0 Å². The summed E-state index contributed by atoms with van der Waals surface area (Å²) in [5, 5.41) is 6.77. The van der Waals surface area contributed by atoms with Crippen molar-refractivity contribution < 1.29 is 4.79 Å². The van der Waals surface area contributed by atoms with Gasteiger partial charge in [-0.3, -0.25) is 4.79 Å². The van der Waals surface area contributed by atoms with Crippen LogP contribution in [0.1, 0.15) is 58.3 Å². The van der Waals surface area contributed by atoms with E-state index >= 15 is 0 Å². The third-order valence-electron chi connectivity index (χ3n) is 5.49. The molecule has 1 atom stereocenters. The maximum Gasteiger partial charge on any atom is 0.224 e. The predicted molar refractivity (Wildman–Crippen MR) is 72.3 cm³/mol. The minimum Gasteiger partial charge on any atom is -0.351 e. The quantitative estimate of drug-likeness (QED) is 0.789. The van der Waals surface area contributed by atoms with Crippen molar-refractivity contribution in [3.63, 3.8) is 0 Å². The highest BCUT2D eigenvalue weighted by Crippen LogP contribution is 2.58. The average molecular weight is 250 g/mol. The molecule has 18 heavy (non-hydrogen) atoms. The summed E-state index contributed by atoms with van der Waals surface area (Å²) >= 11 is 0. The fraction of sp³-hybridized carbons (Fsp3) is 0.933. The second-order valence-electron chi connectivity index (χ2n) is 6.98. The van der Waals surface area contributed by atoms with Gasteiger partial charge < -0.3 is 10.6 Å². The van der Waals surface area contributed by atoms with Gasteiger partial charge in [0.05, 0.1) is 0 Å². The van der Waals surface area contributed by atoms with E-state index in [4.69, 9.17) is 0 Å². The van der Waals surface area contributed by atoms with Crippen LogP contribution in [0.2, 0.25) is 0 Å². The first kappa shape index (κ1) is 12.5. The van der Waals surface area contributed by atoms with Crippen LogP contribution in [0, 0.1) is 11.3 Å². The summed E-state index contributed by atoms with van der Waals surface area (Å²) in [5.74, 6) is 0.666. The smallest absolute Gasteiger partial charge is 0.224 e. The summed E-state index contributed by atoms with van der Waals surface area (Å²) in [6, 6.07) is 0. The van der Waals surface area contributed by atoms with Crippen molar-refractivity contribution >= 4 is 5.91 Å². The Bertz CT molecular complexity index is 327. The van der Waals surface area contributed by atoms with E-state index in [2.05, 4.69) is 17.6 Å². The van der Waals surface area contributed by atoms with Gasteiger partial charge in [0.15, 0.2) is 0 Å². The first-order valence-electron chi connectivity index (χ1n) is 7.66. The summed E-state index contributed by atoms with van der Waals surface area (Å²) < 4.78 is 0. The lowest BCUT2D eigenvalue weighted by molar-refractivity contribution is -0.125. The molecule has 0 aromatic heterocycles. The number of amides is 1. The molecule has 1 aliphatic heterocycles. The van der Waals surface area contributed by atoms with Gasteiger partial charge in [-0.2, -0.15) is 0 Å². The Morgan fingerprint density at radius 1 is 1.11 bits per heavy atom. The Kier molecular flexibility index (Phi) is 3.13. The van der Waals surface area contributed by atoms with Gasteiger partial charge in [0.2, 0.25) is 5.91 Å². The van der Waals surface area contributed by atoms with Crippen LogP contribution in [0.3, 0.4) is 0 Å². The Morgan fingerprint density at radius 3 is 2.44 bits per heavy atom. The Morgan fingerprint density at radius 2 is 1.78 bits per heavy atom. The van der Waals surface area contributed by atoms with Crippen molar-refractivity contribution in [3.05, 3.63) is 0 Å². The van der Waals surface area contributed by atoms with Crippen LogP contribution in [-0.2, 0) is 4.79 Å². The highest BCUT2D eigenvalue weighted by atomic mass is 16.2. The fourth-order valence-electron chi connectivity index (χ4n) is 4.04. The zero-order valence-corrected chi connectivity index (χ0v) is 11.6. The molecule has 0 bridgehead atoms. The third-order valence-corrected chi connectivity index (χ3v) is 5.49. The van der Waals surface area contributed by atoms with Crippen molar-refractivity contribution in [1.82, 2.24) is 10.6 Å². The molecule has 0 radical (unpaired) electrons. The summed E-state index contributed by atoms with van der Waals surface area (Å²) in [4.78, 5) is 12.4. The zero-order chi connectivity index (χ0) is 12.6. The molecule has 3 rings (SSSR count). The largest absolute Gasteiger partial charge is 0.351 e. The van der Waals surface area contributed by atoms with Crippen molar-refractivity contribution in [2.45, 2.75) is 63.8 Å². The second-order valence-corrected chi connectivity index (χ2v) is 6.98. The molecule has 3 heteroatoms. The van der Waals surface area contributed by atoms with Gasteiger partial charge in [-0.1, -0.05) is 19.3 Å². The minimum atomic E-state index is 0.0893. The monoisotopic (exact) mass is 250 g/mol. The number of hydrogen-bond acceptors (Lipinski definition) is 2. The van der Waals surface area contributed by atoms with Gasteiger partial charge >= 0.3 is 0 Å². The predicted octanol–water partition coefficient (Wildman–Crippen LogP) is 2.22. The van der Waals surface area contributed by atoms with E-state index in [1.54, 1.807) is 0 Å². The highest BCUT2D eigenvalue weighted by Gasteiger charge is 2.58. The topological polar surface area (TPSA) is 41.1 Å². The Labute approximate surface area is 110 Å². The van der Waals surface area contributed by atoms with Crippen LogP contribution >= 0.6 is 0 Å². The summed E-state index contributed by atoms with van der Waals surface area (Å²) in [6.45, 7) is 4.43. The van der Waals surface area contributed by atoms with Crippen LogP contribution < -0.4 is 10.6 Å². The van der Waals surface area contributed by atoms with Crippen molar-refractivity contribution in [2.75, 3.05) is 13.1 Å². The van der Waals surface area contributed by atoms with E-state index in [-0.39, 0.29) is 5.54 Å². The van der Waals surface area contributed by atoms with Gasteiger partial charge in [0.25, 0.3) is 0 Å². The van der Waals surface area contributed by atoms with Gasteiger partial charge in [0, 0.05) is 11.5 Å². The first-order valence-corrected chi connectivity index (χ1v) is 7.66. The van der Waals surface area contributed by atoms with Crippen LogP contribution in [0.25, 0.3) is 0 Å². The summed E-state index contributed by atoms with van der Waals surface area (Å²) in [5.41, 5.74) is 0.465.